The number of hydrogen-bond donors (Lipinski definition) is 2. The van der Waals surface area contributed by atoms with Gasteiger partial charge in [-0.2, -0.15) is 0 Å². The highest BCUT2D eigenvalue weighted by molar-refractivity contribution is 6.05. The summed E-state index contributed by atoms with van der Waals surface area (Å²) in [5.41, 5.74) is 0.511. The van der Waals surface area contributed by atoms with Crippen LogP contribution < -0.4 is 15.4 Å². The average Bonchev–Trinajstić information content (AvgIpc) is 2.83. The molecule has 180 valence electrons. The highest BCUT2D eigenvalue weighted by Gasteiger charge is 2.39. The number of nitrogens with one attached hydrogen (secondary N) is 2. The molecular formula is C24H25F2N3O5. The van der Waals surface area contributed by atoms with Crippen LogP contribution in [0.2, 0.25) is 0 Å². The fourth-order valence-electron chi connectivity index (χ4n) is 4.25. The Hall–Kier alpha value is -3.53. The van der Waals surface area contributed by atoms with Crippen molar-refractivity contribution in [2.45, 2.75) is 37.5 Å². The first-order valence-electron chi connectivity index (χ1n) is 10.9. The van der Waals surface area contributed by atoms with Crippen LogP contribution in [-0.4, -0.2) is 61.6 Å². The minimum Gasteiger partial charge on any atom is -0.490 e. The first-order valence-corrected chi connectivity index (χ1v) is 10.9. The number of rotatable bonds is 4. The summed E-state index contributed by atoms with van der Waals surface area (Å²) >= 11 is 0. The van der Waals surface area contributed by atoms with E-state index in [1.807, 2.05) is 0 Å². The Kier molecular flexibility index (Phi) is 6.78. The van der Waals surface area contributed by atoms with Gasteiger partial charge >= 0.3 is 0 Å². The summed E-state index contributed by atoms with van der Waals surface area (Å²) in [7, 11) is 3.26. The molecular weight excluding hydrogens is 448 g/mol. The number of halogens is 2. The molecule has 0 spiro atoms. The van der Waals surface area contributed by atoms with Crippen molar-refractivity contribution in [2.75, 3.05) is 26.0 Å². The van der Waals surface area contributed by atoms with Gasteiger partial charge < -0.3 is 25.0 Å². The number of benzene rings is 2. The lowest BCUT2D eigenvalue weighted by atomic mass is 9.94. The van der Waals surface area contributed by atoms with Crippen LogP contribution in [0, 0.1) is 11.6 Å². The number of fused-ring (bicyclic) bond motifs is 2. The number of anilines is 1. The Morgan fingerprint density at radius 3 is 2.65 bits per heavy atom. The Labute approximate surface area is 195 Å². The SMILES string of the molecule is CNC(=O)C[C@H]1CC[C@@H]2[C@@H](COc3ccc(NC(=O)c4ccc(F)c(F)c4)cc3C(=O)N2C)O1. The Morgan fingerprint density at radius 1 is 1.12 bits per heavy atom. The molecule has 3 atom stereocenters. The summed E-state index contributed by atoms with van der Waals surface area (Å²) in [5.74, 6) is -2.90. The van der Waals surface area contributed by atoms with Crippen LogP contribution in [0.3, 0.4) is 0 Å². The van der Waals surface area contributed by atoms with Gasteiger partial charge in [-0.05, 0) is 49.2 Å². The van der Waals surface area contributed by atoms with E-state index in [2.05, 4.69) is 10.6 Å². The topological polar surface area (TPSA) is 97.0 Å². The molecule has 2 aliphatic heterocycles. The molecule has 0 aromatic heterocycles. The number of ether oxygens (including phenoxy) is 2. The van der Waals surface area contributed by atoms with Crippen molar-refractivity contribution in [3.8, 4) is 5.75 Å². The number of hydrogen-bond acceptors (Lipinski definition) is 5. The number of carbonyl (C=O) groups excluding carboxylic acids is 3. The van der Waals surface area contributed by atoms with Gasteiger partial charge in [0.25, 0.3) is 11.8 Å². The Bertz CT molecular complexity index is 1130. The Morgan fingerprint density at radius 2 is 1.91 bits per heavy atom. The molecule has 2 heterocycles. The van der Waals surface area contributed by atoms with Crippen LogP contribution >= 0.6 is 0 Å². The maximum Gasteiger partial charge on any atom is 0.257 e. The van der Waals surface area contributed by atoms with E-state index in [1.54, 1.807) is 31.1 Å². The molecule has 1 fully saturated rings. The van der Waals surface area contributed by atoms with Crippen LogP contribution in [0.1, 0.15) is 40.0 Å². The molecule has 0 bridgehead atoms. The van der Waals surface area contributed by atoms with Crippen molar-refractivity contribution < 1.29 is 32.6 Å². The fraction of sp³-hybridized carbons (Fsp3) is 0.375. The molecule has 0 unspecified atom stereocenters. The third-order valence-electron chi connectivity index (χ3n) is 6.14. The molecule has 10 heteroatoms. The van der Waals surface area contributed by atoms with Gasteiger partial charge in [0.1, 0.15) is 18.5 Å². The first-order chi connectivity index (χ1) is 16.3. The normalized spacial score (nSPS) is 21.9. The van der Waals surface area contributed by atoms with Crippen molar-refractivity contribution in [3.63, 3.8) is 0 Å². The molecule has 2 aromatic carbocycles. The maximum atomic E-state index is 13.5. The van der Waals surface area contributed by atoms with Gasteiger partial charge in [0.05, 0.1) is 24.1 Å². The van der Waals surface area contributed by atoms with Crippen LogP contribution in [0.4, 0.5) is 14.5 Å². The summed E-state index contributed by atoms with van der Waals surface area (Å²) in [5, 5.41) is 5.19. The molecule has 0 saturated carbocycles. The van der Waals surface area contributed by atoms with Gasteiger partial charge in [0.15, 0.2) is 11.6 Å². The van der Waals surface area contributed by atoms with Crippen LogP contribution in [0.15, 0.2) is 36.4 Å². The largest absolute Gasteiger partial charge is 0.490 e. The van der Waals surface area contributed by atoms with Crippen molar-refractivity contribution in [1.29, 1.82) is 0 Å². The van der Waals surface area contributed by atoms with Crippen LogP contribution in [0.5, 0.6) is 5.75 Å². The molecule has 0 aliphatic carbocycles. The zero-order valence-corrected chi connectivity index (χ0v) is 18.8. The minimum absolute atomic E-state index is 0.0566. The monoisotopic (exact) mass is 473 g/mol. The van der Waals surface area contributed by atoms with Gasteiger partial charge in [-0.15, -0.1) is 0 Å². The van der Waals surface area contributed by atoms with E-state index in [9.17, 15) is 23.2 Å². The molecule has 0 radical (unpaired) electrons. The maximum absolute atomic E-state index is 13.5. The minimum atomic E-state index is -1.13. The quantitative estimate of drug-likeness (QED) is 0.712. The molecule has 2 N–H and O–H groups in total. The van der Waals surface area contributed by atoms with Gasteiger partial charge in [0, 0.05) is 25.3 Å². The zero-order valence-electron chi connectivity index (χ0n) is 18.8. The summed E-state index contributed by atoms with van der Waals surface area (Å²) in [6, 6.07) is 7.22. The second-order valence-electron chi connectivity index (χ2n) is 8.34. The summed E-state index contributed by atoms with van der Waals surface area (Å²) in [6.07, 6.45) is 0.886. The third-order valence-corrected chi connectivity index (χ3v) is 6.14. The molecule has 8 nitrogen and oxygen atoms in total. The molecule has 3 amide bonds. The van der Waals surface area contributed by atoms with Gasteiger partial charge in [-0.25, -0.2) is 8.78 Å². The highest BCUT2D eigenvalue weighted by atomic mass is 19.2. The lowest BCUT2D eigenvalue weighted by Gasteiger charge is -2.42. The number of likely N-dealkylation sites (N-methyl/N-ethyl adjacent to an activating group) is 1. The molecule has 2 aliphatic rings. The lowest BCUT2D eigenvalue weighted by molar-refractivity contribution is -0.133. The summed E-state index contributed by atoms with van der Waals surface area (Å²) in [4.78, 5) is 39.0. The standard InChI is InChI=1S/C24H25F2N3O5/c1-27-22(30)11-15-5-7-19-21(34-15)12-33-20-8-4-14(10-16(20)24(32)29(19)2)28-23(31)13-3-6-17(25)18(26)9-13/h3-4,6,8-10,15,19,21H,5,7,11-12H2,1-2H3,(H,27,30)(H,28,31)/t15-,19-,21-/m1/s1. The van der Waals surface area contributed by atoms with E-state index in [0.29, 0.717) is 24.3 Å². The number of nitrogens with zero attached hydrogens (tertiary/aromatic N) is 1. The second kappa shape index (κ2) is 9.76. The molecule has 1 saturated heterocycles. The predicted octanol–water partition coefficient (Wildman–Crippen LogP) is 2.73. The van der Waals surface area contributed by atoms with Crippen molar-refractivity contribution in [2.24, 2.45) is 0 Å². The first kappa shape index (κ1) is 23.6. The van der Waals surface area contributed by atoms with Crippen molar-refractivity contribution in [3.05, 3.63) is 59.2 Å². The summed E-state index contributed by atoms with van der Waals surface area (Å²) in [6.45, 7) is 0.195. The van der Waals surface area contributed by atoms with Gasteiger partial charge in [-0.3, -0.25) is 14.4 Å². The van der Waals surface area contributed by atoms with Gasteiger partial charge in [0.2, 0.25) is 5.91 Å². The average molecular weight is 473 g/mol. The van der Waals surface area contributed by atoms with E-state index < -0.39 is 23.6 Å². The number of amides is 3. The van der Waals surface area contributed by atoms with E-state index in [0.717, 1.165) is 12.1 Å². The van der Waals surface area contributed by atoms with E-state index in [-0.39, 0.29) is 48.1 Å². The smallest absolute Gasteiger partial charge is 0.257 e. The number of carbonyl (C=O) groups is 3. The van der Waals surface area contributed by atoms with E-state index in [4.69, 9.17) is 9.47 Å². The molecule has 2 aromatic rings. The van der Waals surface area contributed by atoms with E-state index >= 15 is 0 Å². The second-order valence-corrected chi connectivity index (χ2v) is 8.34. The highest BCUT2D eigenvalue weighted by Crippen LogP contribution is 2.32. The fourth-order valence-corrected chi connectivity index (χ4v) is 4.25. The third kappa shape index (κ3) is 4.86. The van der Waals surface area contributed by atoms with Crippen molar-refractivity contribution in [1.82, 2.24) is 10.2 Å². The molecule has 4 rings (SSSR count). The predicted molar refractivity (Wildman–Crippen MR) is 119 cm³/mol. The zero-order chi connectivity index (χ0) is 24.4. The van der Waals surface area contributed by atoms with Crippen LogP contribution in [-0.2, 0) is 9.53 Å². The molecule has 34 heavy (non-hydrogen) atoms. The lowest BCUT2D eigenvalue weighted by Crippen LogP contribution is -2.53. The van der Waals surface area contributed by atoms with Gasteiger partial charge in [-0.1, -0.05) is 0 Å². The van der Waals surface area contributed by atoms with E-state index in [1.165, 1.54) is 12.1 Å². The Balaban J connectivity index is 1.52. The van der Waals surface area contributed by atoms with Crippen LogP contribution in [0.25, 0.3) is 0 Å². The summed E-state index contributed by atoms with van der Waals surface area (Å²) < 4.78 is 38.6. The van der Waals surface area contributed by atoms with Crippen molar-refractivity contribution >= 4 is 23.4 Å².